The molecule has 0 radical (unpaired) electrons. The standard InChI is InChI=1S/C10H12N2O2/c13-9(8-4-1-2-7-14-8)10-11-5-3-6-12-10/h3-6,9,13H,1-2,7H2. The summed E-state index contributed by atoms with van der Waals surface area (Å²) in [7, 11) is 0. The van der Waals surface area contributed by atoms with Crippen LogP contribution in [0.5, 0.6) is 0 Å². The number of hydrogen-bond acceptors (Lipinski definition) is 4. The molecule has 1 aromatic heterocycles. The fraction of sp³-hybridized carbons (Fsp3) is 0.400. The second-order valence-corrected chi connectivity index (χ2v) is 3.11. The van der Waals surface area contributed by atoms with E-state index in [2.05, 4.69) is 9.97 Å². The largest absolute Gasteiger partial charge is 0.495 e. The molecule has 1 atom stereocenters. The average molecular weight is 192 g/mol. The molecule has 1 aliphatic rings. The lowest BCUT2D eigenvalue weighted by molar-refractivity contribution is 0.0868. The lowest BCUT2D eigenvalue weighted by Crippen LogP contribution is -2.12. The van der Waals surface area contributed by atoms with Crippen molar-refractivity contribution in [3.05, 3.63) is 36.1 Å². The predicted molar refractivity (Wildman–Crippen MR) is 50.3 cm³/mol. The van der Waals surface area contributed by atoms with Gasteiger partial charge in [0, 0.05) is 12.4 Å². The summed E-state index contributed by atoms with van der Waals surface area (Å²) < 4.78 is 5.33. The van der Waals surface area contributed by atoms with Gasteiger partial charge in [0.25, 0.3) is 0 Å². The Morgan fingerprint density at radius 2 is 2.14 bits per heavy atom. The Balaban J connectivity index is 2.15. The zero-order chi connectivity index (χ0) is 9.80. The van der Waals surface area contributed by atoms with Gasteiger partial charge in [0.15, 0.2) is 11.9 Å². The molecule has 2 heterocycles. The van der Waals surface area contributed by atoms with E-state index in [-0.39, 0.29) is 0 Å². The molecular formula is C10H12N2O2. The summed E-state index contributed by atoms with van der Waals surface area (Å²) in [6.45, 7) is 0.662. The minimum atomic E-state index is -0.823. The number of allylic oxidation sites excluding steroid dienone is 1. The van der Waals surface area contributed by atoms with Crippen LogP contribution in [0.3, 0.4) is 0 Å². The summed E-state index contributed by atoms with van der Waals surface area (Å²) in [5.41, 5.74) is 0. The monoisotopic (exact) mass is 192 g/mol. The third-order valence-electron chi connectivity index (χ3n) is 2.06. The van der Waals surface area contributed by atoms with Gasteiger partial charge >= 0.3 is 0 Å². The molecule has 2 rings (SSSR count). The van der Waals surface area contributed by atoms with Crippen LogP contribution in [0.4, 0.5) is 0 Å². The fourth-order valence-electron chi connectivity index (χ4n) is 1.35. The van der Waals surface area contributed by atoms with Crippen LogP contribution in [0, 0.1) is 0 Å². The van der Waals surface area contributed by atoms with Crippen molar-refractivity contribution < 1.29 is 9.84 Å². The molecule has 4 heteroatoms. The molecule has 0 aliphatic carbocycles. The smallest absolute Gasteiger partial charge is 0.170 e. The van der Waals surface area contributed by atoms with Gasteiger partial charge in [0.1, 0.15) is 5.76 Å². The first-order valence-corrected chi connectivity index (χ1v) is 4.66. The van der Waals surface area contributed by atoms with Crippen molar-refractivity contribution in [2.45, 2.75) is 18.9 Å². The second kappa shape index (κ2) is 4.19. The number of hydrogen-bond donors (Lipinski definition) is 1. The van der Waals surface area contributed by atoms with E-state index in [9.17, 15) is 5.11 Å². The molecule has 0 saturated heterocycles. The lowest BCUT2D eigenvalue weighted by atomic mass is 10.2. The molecule has 0 aromatic carbocycles. The number of nitrogens with zero attached hydrogens (tertiary/aromatic N) is 2. The van der Waals surface area contributed by atoms with Gasteiger partial charge in [-0.2, -0.15) is 0 Å². The van der Waals surface area contributed by atoms with Gasteiger partial charge in [0.05, 0.1) is 6.61 Å². The summed E-state index contributed by atoms with van der Waals surface area (Å²) in [6, 6.07) is 1.71. The van der Waals surface area contributed by atoms with Gasteiger partial charge in [0.2, 0.25) is 0 Å². The highest BCUT2D eigenvalue weighted by Crippen LogP contribution is 2.22. The number of aliphatic hydroxyl groups is 1. The minimum Gasteiger partial charge on any atom is -0.495 e. The van der Waals surface area contributed by atoms with Gasteiger partial charge in [-0.05, 0) is 25.0 Å². The van der Waals surface area contributed by atoms with Gasteiger partial charge < -0.3 is 9.84 Å². The molecule has 1 aliphatic heterocycles. The zero-order valence-corrected chi connectivity index (χ0v) is 7.76. The first kappa shape index (κ1) is 9.15. The normalized spacial score (nSPS) is 18.2. The van der Waals surface area contributed by atoms with Gasteiger partial charge in [-0.15, -0.1) is 0 Å². The maximum absolute atomic E-state index is 9.83. The van der Waals surface area contributed by atoms with E-state index in [0.717, 1.165) is 12.8 Å². The Bertz CT molecular complexity index is 324. The predicted octanol–water partition coefficient (Wildman–Crippen LogP) is 1.20. The Labute approximate surface area is 82.3 Å². The molecule has 1 N–H and O–H groups in total. The molecule has 0 saturated carbocycles. The SMILES string of the molecule is OC(C1=CCCCO1)c1ncccn1. The molecule has 1 aromatic rings. The molecule has 0 amide bonds. The molecule has 0 fully saturated rings. The molecule has 4 nitrogen and oxygen atoms in total. The Hall–Kier alpha value is -1.42. The lowest BCUT2D eigenvalue weighted by Gasteiger charge is -2.18. The van der Waals surface area contributed by atoms with E-state index in [4.69, 9.17) is 4.74 Å². The van der Waals surface area contributed by atoms with Gasteiger partial charge in [-0.25, -0.2) is 9.97 Å². The van der Waals surface area contributed by atoms with Crippen LogP contribution >= 0.6 is 0 Å². The molecule has 74 valence electrons. The highest BCUT2D eigenvalue weighted by molar-refractivity contribution is 5.10. The third kappa shape index (κ3) is 1.90. The first-order valence-electron chi connectivity index (χ1n) is 4.66. The van der Waals surface area contributed by atoms with Crippen molar-refractivity contribution in [3.8, 4) is 0 Å². The third-order valence-corrected chi connectivity index (χ3v) is 2.06. The molecule has 0 bridgehead atoms. The van der Waals surface area contributed by atoms with E-state index in [0.29, 0.717) is 18.2 Å². The van der Waals surface area contributed by atoms with Crippen LogP contribution in [-0.2, 0) is 4.74 Å². The molecule has 0 spiro atoms. The van der Waals surface area contributed by atoms with Crippen molar-refractivity contribution in [2.24, 2.45) is 0 Å². The van der Waals surface area contributed by atoms with Crippen LogP contribution < -0.4 is 0 Å². The van der Waals surface area contributed by atoms with Crippen molar-refractivity contribution in [1.29, 1.82) is 0 Å². The topological polar surface area (TPSA) is 55.2 Å². The summed E-state index contributed by atoms with van der Waals surface area (Å²) in [4.78, 5) is 7.94. The highest BCUT2D eigenvalue weighted by Gasteiger charge is 2.18. The van der Waals surface area contributed by atoms with Crippen LogP contribution in [0.2, 0.25) is 0 Å². The summed E-state index contributed by atoms with van der Waals surface area (Å²) in [5, 5.41) is 9.83. The van der Waals surface area contributed by atoms with Gasteiger partial charge in [-0.3, -0.25) is 0 Å². The second-order valence-electron chi connectivity index (χ2n) is 3.11. The Morgan fingerprint density at radius 3 is 2.79 bits per heavy atom. The van der Waals surface area contributed by atoms with Crippen molar-refractivity contribution >= 4 is 0 Å². The van der Waals surface area contributed by atoms with Gasteiger partial charge in [-0.1, -0.05) is 0 Å². The number of ether oxygens (including phenoxy) is 1. The maximum atomic E-state index is 9.83. The molecule has 14 heavy (non-hydrogen) atoms. The van der Waals surface area contributed by atoms with E-state index in [1.807, 2.05) is 6.08 Å². The first-order chi connectivity index (χ1) is 6.88. The fourth-order valence-corrected chi connectivity index (χ4v) is 1.35. The molecule has 1 unspecified atom stereocenters. The quantitative estimate of drug-likeness (QED) is 0.765. The summed E-state index contributed by atoms with van der Waals surface area (Å²) in [5.74, 6) is 0.961. The molecular weight excluding hydrogens is 180 g/mol. The summed E-state index contributed by atoms with van der Waals surface area (Å²) >= 11 is 0. The maximum Gasteiger partial charge on any atom is 0.170 e. The van der Waals surface area contributed by atoms with Crippen LogP contribution in [0.1, 0.15) is 24.8 Å². The zero-order valence-electron chi connectivity index (χ0n) is 7.76. The van der Waals surface area contributed by atoms with E-state index < -0.39 is 6.10 Å². The number of aliphatic hydroxyl groups excluding tert-OH is 1. The minimum absolute atomic E-state index is 0.389. The van der Waals surface area contributed by atoms with Crippen molar-refractivity contribution in [2.75, 3.05) is 6.61 Å². The Kier molecular flexibility index (Phi) is 2.74. The van der Waals surface area contributed by atoms with Crippen LogP contribution in [0.15, 0.2) is 30.3 Å². The van der Waals surface area contributed by atoms with Crippen LogP contribution in [0.25, 0.3) is 0 Å². The average Bonchev–Trinajstić information content (AvgIpc) is 2.30. The van der Waals surface area contributed by atoms with E-state index in [1.54, 1.807) is 18.5 Å². The van der Waals surface area contributed by atoms with E-state index >= 15 is 0 Å². The van der Waals surface area contributed by atoms with Crippen LogP contribution in [-0.4, -0.2) is 21.7 Å². The highest BCUT2D eigenvalue weighted by atomic mass is 16.5. The number of rotatable bonds is 2. The van der Waals surface area contributed by atoms with Crippen molar-refractivity contribution in [1.82, 2.24) is 9.97 Å². The van der Waals surface area contributed by atoms with Crippen molar-refractivity contribution in [3.63, 3.8) is 0 Å². The Morgan fingerprint density at radius 1 is 1.36 bits per heavy atom. The summed E-state index contributed by atoms with van der Waals surface area (Å²) in [6.07, 6.45) is 6.23. The van der Waals surface area contributed by atoms with E-state index in [1.165, 1.54) is 0 Å². The number of aromatic nitrogens is 2.